The number of amides is 2. The zero-order valence-electron chi connectivity index (χ0n) is 17.2. The van der Waals surface area contributed by atoms with Gasteiger partial charge < -0.3 is 14.7 Å². The van der Waals surface area contributed by atoms with Gasteiger partial charge in [-0.05, 0) is 36.9 Å². The van der Waals surface area contributed by atoms with Gasteiger partial charge in [-0.15, -0.1) is 11.3 Å². The van der Waals surface area contributed by atoms with Gasteiger partial charge in [0.1, 0.15) is 0 Å². The molecular weight excluding hydrogens is 445 g/mol. The molecule has 170 valence electrons. The standard InChI is InChI=1S/C21H21F3N4O3S/c1-2-28(13-17(29)25-15-8-4-3-7-14(15)21(22,23)24)19(30)11-5-10-18-26-20(27-31-18)16-9-6-12-32-16/h3-4,6-9,12H,2,5,10-11,13H2,1H3,(H,25,29). The summed E-state index contributed by atoms with van der Waals surface area (Å²) >= 11 is 1.49. The molecule has 2 amide bonds. The molecular formula is C21H21F3N4O3S. The van der Waals surface area contributed by atoms with Crippen molar-refractivity contribution in [3.8, 4) is 10.7 Å². The molecule has 3 rings (SSSR count). The largest absolute Gasteiger partial charge is 0.418 e. The molecule has 0 atom stereocenters. The summed E-state index contributed by atoms with van der Waals surface area (Å²) in [6.45, 7) is 1.60. The number of anilines is 1. The number of benzene rings is 1. The Bertz CT molecular complexity index is 1050. The van der Waals surface area contributed by atoms with Gasteiger partial charge in [0.15, 0.2) is 0 Å². The highest BCUT2D eigenvalue weighted by Crippen LogP contribution is 2.34. The normalized spacial score (nSPS) is 11.4. The molecule has 3 aromatic rings. The first kappa shape index (κ1) is 23.5. The van der Waals surface area contributed by atoms with Crippen LogP contribution in [0.3, 0.4) is 0 Å². The summed E-state index contributed by atoms with van der Waals surface area (Å²) in [6, 6.07) is 8.46. The molecule has 0 unspecified atom stereocenters. The first-order valence-corrected chi connectivity index (χ1v) is 10.8. The predicted octanol–water partition coefficient (Wildman–Crippen LogP) is 4.63. The molecule has 0 saturated heterocycles. The number of aromatic nitrogens is 2. The number of alkyl halides is 3. The lowest BCUT2D eigenvalue weighted by Gasteiger charge is -2.21. The van der Waals surface area contributed by atoms with Crippen molar-refractivity contribution < 1.29 is 27.3 Å². The minimum atomic E-state index is -4.59. The minimum Gasteiger partial charge on any atom is -0.339 e. The number of carbonyl (C=O) groups excluding carboxylic acids is 2. The van der Waals surface area contributed by atoms with Gasteiger partial charge in [0.05, 0.1) is 22.7 Å². The van der Waals surface area contributed by atoms with E-state index in [0.717, 1.165) is 10.9 Å². The third-order valence-electron chi connectivity index (χ3n) is 4.57. The van der Waals surface area contributed by atoms with E-state index >= 15 is 0 Å². The van der Waals surface area contributed by atoms with Gasteiger partial charge in [-0.1, -0.05) is 23.4 Å². The maximum Gasteiger partial charge on any atom is 0.418 e. The van der Waals surface area contributed by atoms with Crippen LogP contribution in [0.5, 0.6) is 0 Å². The Morgan fingerprint density at radius 3 is 2.66 bits per heavy atom. The molecule has 0 aliphatic carbocycles. The van der Waals surface area contributed by atoms with Gasteiger partial charge in [0.25, 0.3) is 0 Å². The molecule has 2 aromatic heterocycles. The lowest BCUT2D eigenvalue weighted by molar-refractivity contribution is -0.137. The third kappa shape index (κ3) is 6.16. The van der Waals surface area contributed by atoms with Crippen molar-refractivity contribution in [1.82, 2.24) is 15.0 Å². The third-order valence-corrected chi connectivity index (χ3v) is 5.43. The van der Waals surface area contributed by atoms with Crippen LogP contribution in [0.15, 0.2) is 46.3 Å². The fraction of sp³-hybridized carbons (Fsp3) is 0.333. The molecule has 0 spiro atoms. The summed E-state index contributed by atoms with van der Waals surface area (Å²) < 4.78 is 44.4. The van der Waals surface area contributed by atoms with E-state index in [4.69, 9.17) is 4.52 Å². The summed E-state index contributed by atoms with van der Waals surface area (Å²) in [7, 11) is 0. The van der Waals surface area contributed by atoms with Crippen LogP contribution in [0.25, 0.3) is 10.7 Å². The highest BCUT2D eigenvalue weighted by atomic mass is 32.1. The molecule has 1 aromatic carbocycles. The predicted molar refractivity (Wildman–Crippen MR) is 113 cm³/mol. The number of nitrogens with zero attached hydrogens (tertiary/aromatic N) is 3. The van der Waals surface area contributed by atoms with Crippen LogP contribution in [-0.2, 0) is 22.2 Å². The van der Waals surface area contributed by atoms with E-state index in [1.807, 2.05) is 17.5 Å². The number of hydrogen-bond donors (Lipinski definition) is 1. The van der Waals surface area contributed by atoms with Gasteiger partial charge in [-0.2, -0.15) is 18.2 Å². The number of thiophene rings is 1. The van der Waals surface area contributed by atoms with Crippen molar-refractivity contribution in [1.29, 1.82) is 0 Å². The highest BCUT2D eigenvalue weighted by molar-refractivity contribution is 7.13. The number of carbonyl (C=O) groups is 2. The van der Waals surface area contributed by atoms with Crippen LogP contribution in [0.1, 0.15) is 31.2 Å². The molecule has 2 heterocycles. The molecule has 11 heteroatoms. The minimum absolute atomic E-state index is 0.136. The summed E-state index contributed by atoms with van der Waals surface area (Å²) in [4.78, 5) is 31.2. The second-order valence-corrected chi connectivity index (χ2v) is 7.79. The second-order valence-electron chi connectivity index (χ2n) is 6.84. The van der Waals surface area contributed by atoms with Gasteiger partial charge in [0.2, 0.25) is 23.5 Å². The average Bonchev–Trinajstić information content (AvgIpc) is 3.43. The van der Waals surface area contributed by atoms with Crippen LogP contribution in [0.2, 0.25) is 0 Å². The molecule has 0 bridgehead atoms. The van der Waals surface area contributed by atoms with Gasteiger partial charge in [-0.3, -0.25) is 9.59 Å². The van der Waals surface area contributed by atoms with Crippen LogP contribution in [-0.4, -0.2) is 39.9 Å². The van der Waals surface area contributed by atoms with Crippen molar-refractivity contribution in [3.63, 3.8) is 0 Å². The number of nitrogens with one attached hydrogen (secondary N) is 1. The van der Waals surface area contributed by atoms with Crippen molar-refractivity contribution >= 4 is 28.8 Å². The average molecular weight is 466 g/mol. The number of halogens is 3. The zero-order valence-corrected chi connectivity index (χ0v) is 18.0. The van der Waals surface area contributed by atoms with Crippen LogP contribution in [0.4, 0.5) is 18.9 Å². The quantitative estimate of drug-likeness (QED) is 0.497. The zero-order chi connectivity index (χ0) is 23.1. The van der Waals surface area contributed by atoms with E-state index in [1.165, 1.54) is 34.4 Å². The SMILES string of the molecule is CCN(CC(=O)Nc1ccccc1C(F)(F)F)C(=O)CCCc1nc(-c2cccs2)no1. The second kappa shape index (κ2) is 10.4. The van der Waals surface area contributed by atoms with Crippen LogP contribution < -0.4 is 5.32 Å². The summed E-state index contributed by atoms with van der Waals surface area (Å²) in [5.41, 5.74) is -1.28. The molecule has 0 saturated carbocycles. The van der Waals surface area contributed by atoms with E-state index < -0.39 is 17.6 Å². The van der Waals surface area contributed by atoms with Crippen LogP contribution in [0, 0.1) is 0 Å². The number of hydrogen-bond acceptors (Lipinski definition) is 6. The number of likely N-dealkylation sites (N-methyl/N-ethyl adjacent to an activating group) is 1. The van der Waals surface area contributed by atoms with Crippen molar-refractivity contribution in [2.75, 3.05) is 18.4 Å². The molecule has 0 aliphatic rings. The van der Waals surface area contributed by atoms with Gasteiger partial charge in [-0.25, -0.2) is 0 Å². The van der Waals surface area contributed by atoms with E-state index in [9.17, 15) is 22.8 Å². The Morgan fingerprint density at radius 1 is 1.19 bits per heavy atom. The lowest BCUT2D eigenvalue weighted by atomic mass is 10.1. The number of aryl methyl sites for hydroxylation is 1. The smallest absolute Gasteiger partial charge is 0.339 e. The van der Waals surface area contributed by atoms with Crippen molar-refractivity contribution in [2.24, 2.45) is 0 Å². The van der Waals surface area contributed by atoms with E-state index in [-0.39, 0.29) is 31.1 Å². The molecule has 0 radical (unpaired) electrons. The first-order valence-electron chi connectivity index (χ1n) is 9.88. The van der Waals surface area contributed by atoms with Gasteiger partial charge >= 0.3 is 6.18 Å². The Hall–Kier alpha value is -3.21. The fourth-order valence-corrected chi connectivity index (χ4v) is 3.64. The van der Waals surface area contributed by atoms with Crippen molar-refractivity contribution in [3.05, 3.63) is 53.2 Å². The Labute approximate surface area is 186 Å². The fourth-order valence-electron chi connectivity index (χ4n) is 2.99. The van der Waals surface area contributed by atoms with E-state index in [2.05, 4.69) is 15.5 Å². The summed E-state index contributed by atoms with van der Waals surface area (Å²) in [5.74, 6) is -0.0859. The Morgan fingerprint density at radius 2 is 1.97 bits per heavy atom. The van der Waals surface area contributed by atoms with Crippen LogP contribution >= 0.6 is 11.3 Å². The van der Waals surface area contributed by atoms with E-state index in [0.29, 0.717) is 24.6 Å². The number of para-hydroxylation sites is 1. The monoisotopic (exact) mass is 466 g/mol. The maximum absolute atomic E-state index is 13.1. The molecule has 0 fully saturated rings. The molecule has 7 nitrogen and oxygen atoms in total. The number of rotatable bonds is 9. The highest BCUT2D eigenvalue weighted by Gasteiger charge is 2.33. The lowest BCUT2D eigenvalue weighted by Crippen LogP contribution is -2.38. The molecule has 1 N–H and O–H groups in total. The Kier molecular flexibility index (Phi) is 7.62. The van der Waals surface area contributed by atoms with E-state index in [1.54, 1.807) is 6.92 Å². The first-order chi connectivity index (χ1) is 15.3. The summed E-state index contributed by atoms with van der Waals surface area (Å²) in [6.07, 6.45) is -3.63. The summed E-state index contributed by atoms with van der Waals surface area (Å²) in [5, 5.41) is 8.06. The molecule has 32 heavy (non-hydrogen) atoms. The van der Waals surface area contributed by atoms with Crippen molar-refractivity contribution in [2.45, 2.75) is 32.4 Å². The van der Waals surface area contributed by atoms with Gasteiger partial charge in [0, 0.05) is 19.4 Å². The molecule has 0 aliphatic heterocycles. The maximum atomic E-state index is 13.1. The topological polar surface area (TPSA) is 88.3 Å². The Balaban J connectivity index is 1.50.